The van der Waals surface area contributed by atoms with Crippen molar-refractivity contribution in [3.8, 4) is 0 Å². The second-order valence-electron chi connectivity index (χ2n) is 3.68. The molecule has 1 N–H and O–H groups in total. The van der Waals surface area contributed by atoms with Gasteiger partial charge in [0, 0.05) is 25.1 Å². The van der Waals surface area contributed by atoms with Crippen molar-refractivity contribution < 1.29 is 5.11 Å². The fourth-order valence-electron chi connectivity index (χ4n) is 1.74. The average Bonchev–Trinajstić information content (AvgIpc) is 2.77. The zero-order valence-electron chi connectivity index (χ0n) is 9.46. The van der Waals surface area contributed by atoms with Crippen molar-refractivity contribution in [3.05, 3.63) is 47.8 Å². The molecule has 0 aliphatic rings. The van der Waals surface area contributed by atoms with Crippen molar-refractivity contribution in [2.45, 2.75) is 26.5 Å². The number of aliphatic hydroxyl groups is 1. The van der Waals surface area contributed by atoms with Crippen LogP contribution in [-0.4, -0.2) is 19.6 Å². The Labute approximate surface area is 94.6 Å². The molecule has 84 valence electrons. The van der Waals surface area contributed by atoms with Crippen LogP contribution in [0.25, 0.3) is 0 Å². The van der Waals surface area contributed by atoms with E-state index in [0.29, 0.717) is 11.5 Å². The van der Waals surface area contributed by atoms with Crippen LogP contribution >= 0.6 is 0 Å². The van der Waals surface area contributed by atoms with E-state index in [9.17, 15) is 5.11 Å². The number of aryl methyl sites for hydroxylation is 2. The summed E-state index contributed by atoms with van der Waals surface area (Å²) in [5.41, 5.74) is 1.64. The zero-order valence-corrected chi connectivity index (χ0v) is 9.46. The summed E-state index contributed by atoms with van der Waals surface area (Å²) in [4.78, 5) is 8.38. The number of imidazole rings is 1. The normalized spacial score (nSPS) is 12.7. The van der Waals surface area contributed by atoms with Gasteiger partial charge in [-0.3, -0.25) is 4.98 Å². The van der Waals surface area contributed by atoms with Crippen LogP contribution in [0.15, 0.2) is 30.7 Å². The first kappa shape index (κ1) is 10.8. The second-order valence-corrected chi connectivity index (χ2v) is 3.68. The van der Waals surface area contributed by atoms with E-state index in [1.165, 1.54) is 0 Å². The van der Waals surface area contributed by atoms with E-state index in [2.05, 4.69) is 9.97 Å². The van der Waals surface area contributed by atoms with Crippen molar-refractivity contribution in [2.75, 3.05) is 0 Å². The summed E-state index contributed by atoms with van der Waals surface area (Å²) < 4.78 is 1.92. The van der Waals surface area contributed by atoms with Crippen molar-refractivity contribution in [1.29, 1.82) is 0 Å². The summed E-state index contributed by atoms with van der Waals surface area (Å²) in [6.07, 6.45) is 4.48. The van der Waals surface area contributed by atoms with E-state index in [-0.39, 0.29) is 0 Å². The number of nitrogens with zero attached hydrogens (tertiary/aromatic N) is 3. The minimum atomic E-state index is -0.754. The Morgan fingerprint density at radius 2 is 2.19 bits per heavy atom. The number of aliphatic hydroxyl groups excluding tert-OH is 1. The highest BCUT2D eigenvalue weighted by Crippen LogP contribution is 2.21. The van der Waals surface area contributed by atoms with Crippen LogP contribution in [0.2, 0.25) is 0 Å². The lowest BCUT2D eigenvalue weighted by atomic mass is 10.1. The van der Waals surface area contributed by atoms with Gasteiger partial charge in [0.25, 0.3) is 0 Å². The summed E-state index contributed by atoms with van der Waals surface area (Å²) in [7, 11) is 0. The molecule has 2 rings (SSSR count). The van der Waals surface area contributed by atoms with Gasteiger partial charge in [-0.05, 0) is 25.5 Å². The molecule has 0 aliphatic carbocycles. The molecule has 4 heteroatoms. The molecule has 0 saturated carbocycles. The highest BCUT2D eigenvalue weighted by atomic mass is 16.3. The molecule has 0 saturated heterocycles. The molecule has 2 aromatic heterocycles. The van der Waals surface area contributed by atoms with Crippen LogP contribution in [0.3, 0.4) is 0 Å². The Hall–Kier alpha value is -1.68. The van der Waals surface area contributed by atoms with Crippen LogP contribution in [0.1, 0.15) is 30.1 Å². The second kappa shape index (κ2) is 4.45. The first-order valence-corrected chi connectivity index (χ1v) is 5.34. The summed E-state index contributed by atoms with van der Waals surface area (Å²) in [5.74, 6) is 0.643. The molecule has 1 unspecified atom stereocenters. The number of rotatable bonds is 3. The summed E-state index contributed by atoms with van der Waals surface area (Å²) in [6.45, 7) is 4.74. The first-order valence-electron chi connectivity index (χ1n) is 5.34. The van der Waals surface area contributed by atoms with Crippen LogP contribution in [0.4, 0.5) is 0 Å². The van der Waals surface area contributed by atoms with Crippen LogP contribution in [-0.2, 0) is 6.54 Å². The van der Waals surface area contributed by atoms with Gasteiger partial charge in [-0.25, -0.2) is 4.98 Å². The Kier molecular flexibility index (Phi) is 3.01. The van der Waals surface area contributed by atoms with E-state index >= 15 is 0 Å². The molecule has 2 aromatic rings. The molecule has 0 amide bonds. The SMILES string of the molecule is CCn1ccnc1C(O)c1ncccc1C. The minimum Gasteiger partial charge on any atom is -0.379 e. The maximum absolute atomic E-state index is 10.2. The fourth-order valence-corrected chi connectivity index (χ4v) is 1.74. The summed E-state index contributed by atoms with van der Waals surface area (Å²) >= 11 is 0. The van der Waals surface area contributed by atoms with Gasteiger partial charge in [0.15, 0.2) is 6.10 Å². The van der Waals surface area contributed by atoms with E-state index in [4.69, 9.17) is 0 Å². The largest absolute Gasteiger partial charge is 0.379 e. The molecule has 16 heavy (non-hydrogen) atoms. The third kappa shape index (κ3) is 1.84. The zero-order chi connectivity index (χ0) is 11.5. The van der Waals surface area contributed by atoms with E-state index in [1.807, 2.05) is 36.7 Å². The first-order chi connectivity index (χ1) is 7.74. The molecule has 1 atom stereocenters. The third-order valence-electron chi connectivity index (χ3n) is 2.64. The third-order valence-corrected chi connectivity index (χ3v) is 2.64. The molecule has 0 aromatic carbocycles. The lowest BCUT2D eigenvalue weighted by Crippen LogP contribution is -2.11. The van der Waals surface area contributed by atoms with Crippen molar-refractivity contribution in [3.63, 3.8) is 0 Å². The maximum atomic E-state index is 10.2. The van der Waals surface area contributed by atoms with Gasteiger partial charge in [0.05, 0.1) is 5.69 Å². The lowest BCUT2D eigenvalue weighted by Gasteiger charge is -2.13. The summed E-state index contributed by atoms with van der Waals surface area (Å²) in [5, 5.41) is 10.2. The fraction of sp³-hybridized carbons (Fsp3) is 0.333. The van der Waals surface area contributed by atoms with Crippen LogP contribution in [0.5, 0.6) is 0 Å². The topological polar surface area (TPSA) is 50.9 Å². The van der Waals surface area contributed by atoms with Gasteiger partial charge in [-0.15, -0.1) is 0 Å². The van der Waals surface area contributed by atoms with E-state index < -0.39 is 6.10 Å². The van der Waals surface area contributed by atoms with Gasteiger partial charge in [0.1, 0.15) is 5.82 Å². The Balaban J connectivity index is 2.39. The van der Waals surface area contributed by atoms with Gasteiger partial charge >= 0.3 is 0 Å². The molecule has 0 bridgehead atoms. The molecule has 2 heterocycles. The molecular formula is C12H15N3O. The highest BCUT2D eigenvalue weighted by Gasteiger charge is 2.18. The van der Waals surface area contributed by atoms with Gasteiger partial charge < -0.3 is 9.67 Å². The predicted molar refractivity (Wildman–Crippen MR) is 60.9 cm³/mol. The molecular weight excluding hydrogens is 202 g/mol. The van der Waals surface area contributed by atoms with Crippen LogP contribution in [0, 0.1) is 6.92 Å². The number of hydrogen-bond acceptors (Lipinski definition) is 3. The predicted octanol–water partition coefficient (Wildman–Crippen LogP) is 1.69. The van der Waals surface area contributed by atoms with E-state index in [0.717, 1.165) is 12.1 Å². The Morgan fingerprint density at radius 1 is 1.38 bits per heavy atom. The van der Waals surface area contributed by atoms with Crippen molar-refractivity contribution >= 4 is 0 Å². The number of pyridine rings is 1. The quantitative estimate of drug-likeness (QED) is 0.851. The molecule has 0 aliphatic heterocycles. The van der Waals surface area contributed by atoms with Gasteiger partial charge in [-0.1, -0.05) is 6.07 Å². The Morgan fingerprint density at radius 3 is 2.88 bits per heavy atom. The minimum absolute atomic E-state index is 0.643. The molecule has 0 fully saturated rings. The van der Waals surface area contributed by atoms with Crippen molar-refractivity contribution in [1.82, 2.24) is 14.5 Å². The smallest absolute Gasteiger partial charge is 0.154 e. The summed E-state index contributed by atoms with van der Waals surface area (Å²) in [6, 6.07) is 3.79. The molecule has 0 radical (unpaired) electrons. The number of aromatic nitrogens is 3. The van der Waals surface area contributed by atoms with Gasteiger partial charge in [0.2, 0.25) is 0 Å². The molecule has 0 spiro atoms. The van der Waals surface area contributed by atoms with Gasteiger partial charge in [-0.2, -0.15) is 0 Å². The monoisotopic (exact) mass is 217 g/mol. The molecule has 4 nitrogen and oxygen atoms in total. The van der Waals surface area contributed by atoms with Crippen molar-refractivity contribution in [2.24, 2.45) is 0 Å². The van der Waals surface area contributed by atoms with Crippen LogP contribution < -0.4 is 0 Å². The Bertz CT molecular complexity index is 479. The lowest BCUT2D eigenvalue weighted by molar-refractivity contribution is 0.199. The maximum Gasteiger partial charge on any atom is 0.154 e. The standard InChI is InChI=1S/C12H15N3O/c1-3-15-8-7-14-12(15)11(16)10-9(2)5-4-6-13-10/h4-8,11,16H,3H2,1-2H3. The average molecular weight is 217 g/mol. The van der Waals surface area contributed by atoms with E-state index in [1.54, 1.807) is 12.4 Å². The number of hydrogen-bond donors (Lipinski definition) is 1. The highest BCUT2D eigenvalue weighted by molar-refractivity contribution is 5.24.